The van der Waals surface area contributed by atoms with E-state index in [0.717, 1.165) is 22.2 Å². The van der Waals surface area contributed by atoms with Gasteiger partial charge < -0.3 is 4.42 Å². The summed E-state index contributed by atoms with van der Waals surface area (Å²) < 4.78 is 7.97. The maximum atomic E-state index is 12.9. The molecule has 0 saturated carbocycles. The van der Waals surface area contributed by atoms with Crippen LogP contribution in [-0.2, 0) is 0 Å². The van der Waals surface area contributed by atoms with Gasteiger partial charge in [0.25, 0.3) is 0 Å². The van der Waals surface area contributed by atoms with Gasteiger partial charge in [-0.2, -0.15) is 5.10 Å². The number of halogens is 1. The molecule has 25 heavy (non-hydrogen) atoms. The second kappa shape index (κ2) is 5.74. The fraction of sp³-hybridized carbons (Fsp3) is 0.200. The van der Waals surface area contributed by atoms with E-state index in [0.29, 0.717) is 22.3 Å². The molecule has 4 nitrogen and oxygen atoms in total. The zero-order chi connectivity index (χ0) is 17.7. The van der Waals surface area contributed by atoms with Gasteiger partial charge in [0.05, 0.1) is 16.3 Å². The molecule has 4 rings (SSSR count). The molecule has 1 atom stereocenters. The van der Waals surface area contributed by atoms with E-state index in [1.165, 1.54) is 0 Å². The van der Waals surface area contributed by atoms with E-state index in [2.05, 4.69) is 5.10 Å². The van der Waals surface area contributed by atoms with E-state index in [1.54, 1.807) is 17.6 Å². The van der Waals surface area contributed by atoms with E-state index in [-0.39, 0.29) is 10.8 Å². The maximum absolute atomic E-state index is 12.9. The highest BCUT2D eigenvalue weighted by atomic mass is 35.5. The van der Waals surface area contributed by atoms with Crippen LogP contribution in [0.15, 0.2) is 51.9 Å². The van der Waals surface area contributed by atoms with Crippen LogP contribution < -0.4 is 5.43 Å². The molecule has 0 saturated heterocycles. The SMILES string of the molecule is Cc1cc([C@H](C)Cl)c2oc(-c3ccc4ccnn4c3)c(C)c(=O)c2c1. The number of aryl methyl sites for hydroxylation is 1. The Morgan fingerprint density at radius 2 is 2.00 bits per heavy atom. The van der Waals surface area contributed by atoms with Crippen LogP contribution >= 0.6 is 11.6 Å². The van der Waals surface area contributed by atoms with Crippen molar-refractivity contribution in [2.75, 3.05) is 0 Å². The van der Waals surface area contributed by atoms with E-state index in [1.807, 2.05) is 50.4 Å². The average Bonchev–Trinajstić information content (AvgIpc) is 3.05. The van der Waals surface area contributed by atoms with Gasteiger partial charge in [-0.1, -0.05) is 6.07 Å². The van der Waals surface area contributed by atoms with Crippen LogP contribution in [0, 0.1) is 13.8 Å². The zero-order valence-corrected chi connectivity index (χ0v) is 15.0. The summed E-state index contributed by atoms with van der Waals surface area (Å²) in [5, 5.41) is 4.57. The minimum absolute atomic E-state index is 0.0286. The summed E-state index contributed by atoms with van der Waals surface area (Å²) in [6.45, 7) is 5.63. The number of aromatic nitrogens is 2. The fourth-order valence-corrected chi connectivity index (χ4v) is 3.35. The van der Waals surface area contributed by atoms with Gasteiger partial charge in [-0.15, -0.1) is 11.6 Å². The van der Waals surface area contributed by atoms with Crippen molar-refractivity contribution in [2.24, 2.45) is 0 Å². The first-order chi connectivity index (χ1) is 12.0. The minimum Gasteiger partial charge on any atom is -0.455 e. The lowest BCUT2D eigenvalue weighted by Crippen LogP contribution is -2.09. The Labute approximate surface area is 149 Å². The molecule has 0 aliphatic rings. The summed E-state index contributed by atoms with van der Waals surface area (Å²) in [4.78, 5) is 12.9. The van der Waals surface area contributed by atoms with Crippen molar-refractivity contribution in [2.45, 2.75) is 26.1 Å². The second-order valence-corrected chi connectivity index (χ2v) is 7.01. The first-order valence-electron chi connectivity index (χ1n) is 8.11. The number of hydrogen-bond donors (Lipinski definition) is 0. The van der Waals surface area contributed by atoms with Crippen LogP contribution in [0.4, 0.5) is 0 Å². The minimum atomic E-state index is -0.255. The van der Waals surface area contributed by atoms with E-state index in [4.69, 9.17) is 16.0 Å². The molecule has 0 aliphatic heterocycles. The van der Waals surface area contributed by atoms with Gasteiger partial charge in [0.2, 0.25) is 0 Å². The van der Waals surface area contributed by atoms with Crippen molar-refractivity contribution >= 4 is 28.1 Å². The van der Waals surface area contributed by atoms with Crippen LogP contribution in [-0.4, -0.2) is 9.61 Å². The number of nitrogens with zero attached hydrogens (tertiary/aromatic N) is 2. The summed E-state index contributed by atoms with van der Waals surface area (Å²) in [6.07, 6.45) is 3.60. The molecule has 5 heteroatoms. The number of hydrogen-bond acceptors (Lipinski definition) is 3. The molecule has 4 aromatic rings. The molecule has 3 heterocycles. The third-order valence-electron chi connectivity index (χ3n) is 4.48. The van der Waals surface area contributed by atoms with Crippen molar-refractivity contribution in [3.05, 3.63) is 69.6 Å². The molecule has 0 fully saturated rings. The first kappa shape index (κ1) is 15.9. The molecule has 0 unspecified atom stereocenters. The number of alkyl halides is 1. The highest BCUT2D eigenvalue weighted by Crippen LogP contribution is 2.32. The van der Waals surface area contributed by atoms with Gasteiger partial charge in [0.1, 0.15) is 11.3 Å². The zero-order valence-electron chi connectivity index (χ0n) is 14.2. The van der Waals surface area contributed by atoms with E-state index < -0.39 is 0 Å². The van der Waals surface area contributed by atoms with Gasteiger partial charge in [-0.3, -0.25) is 4.79 Å². The monoisotopic (exact) mass is 352 g/mol. The van der Waals surface area contributed by atoms with Crippen molar-refractivity contribution in [1.82, 2.24) is 9.61 Å². The molecule has 1 aromatic carbocycles. The molecule has 0 aliphatic carbocycles. The lowest BCUT2D eigenvalue weighted by molar-refractivity contribution is 0.608. The van der Waals surface area contributed by atoms with E-state index in [9.17, 15) is 4.79 Å². The largest absolute Gasteiger partial charge is 0.455 e. The molecular weight excluding hydrogens is 336 g/mol. The third kappa shape index (κ3) is 2.53. The molecule has 0 radical (unpaired) electrons. The van der Waals surface area contributed by atoms with Crippen molar-refractivity contribution in [3.8, 4) is 11.3 Å². The van der Waals surface area contributed by atoms with Gasteiger partial charge in [0, 0.05) is 29.1 Å². The quantitative estimate of drug-likeness (QED) is 0.476. The Morgan fingerprint density at radius 3 is 2.76 bits per heavy atom. The number of pyridine rings is 1. The van der Waals surface area contributed by atoms with E-state index >= 15 is 0 Å². The first-order valence-corrected chi connectivity index (χ1v) is 8.55. The summed E-state index contributed by atoms with van der Waals surface area (Å²) in [7, 11) is 0. The lowest BCUT2D eigenvalue weighted by atomic mass is 10.0. The molecule has 0 N–H and O–H groups in total. The average molecular weight is 353 g/mol. The predicted octanol–water partition coefficient (Wildman–Crippen LogP) is 5.02. The topological polar surface area (TPSA) is 47.5 Å². The van der Waals surface area contributed by atoms with Gasteiger partial charge >= 0.3 is 0 Å². The van der Waals surface area contributed by atoms with Crippen molar-refractivity contribution in [3.63, 3.8) is 0 Å². The normalized spacial score (nSPS) is 12.8. The predicted molar refractivity (Wildman–Crippen MR) is 100 cm³/mol. The third-order valence-corrected chi connectivity index (χ3v) is 4.71. The molecule has 3 aromatic heterocycles. The van der Waals surface area contributed by atoms with Gasteiger partial charge in [-0.25, -0.2) is 4.52 Å². The van der Waals surface area contributed by atoms with Gasteiger partial charge in [0.15, 0.2) is 5.43 Å². The Morgan fingerprint density at radius 1 is 1.20 bits per heavy atom. The number of benzene rings is 1. The van der Waals surface area contributed by atoms with Crippen LogP contribution in [0.5, 0.6) is 0 Å². The summed E-state index contributed by atoms with van der Waals surface area (Å²) >= 11 is 6.33. The van der Waals surface area contributed by atoms with Crippen molar-refractivity contribution < 1.29 is 4.42 Å². The van der Waals surface area contributed by atoms with Crippen LogP contribution in [0.25, 0.3) is 27.8 Å². The second-order valence-electron chi connectivity index (χ2n) is 6.35. The fourth-order valence-electron chi connectivity index (χ4n) is 3.19. The number of rotatable bonds is 2. The molecule has 0 spiro atoms. The van der Waals surface area contributed by atoms with Crippen LogP contribution in [0.2, 0.25) is 0 Å². The van der Waals surface area contributed by atoms with Crippen LogP contribution in [0.1, 0.15) is 29.0 Å². The smallest absolute Gasteiger partial charge is 0.196 e. The lowest BCUT2D eigenvalue weighted by Gasteiger charge is -2.13. The highest BCUT2D eigenvalue weighted by Gasteiger charge is 2.18. The Kier molecular flexibility index (Phi) is 3.65. The van der Waals surface area contributed by atoms with Crippen LogP contribution in [0.3, 0.4) is 0 Å². The Hall–Kier alpha value is -2.59. The Balaban J connectivity index is 2.07. The summed E-state index contributed by atoms with van der Waals surface area (Å²) in [6, 6.07) is 9.64. The molecular formula is C20H17ClN2O2. The highest BCUT2D eigenvalue weighted by molar-refractivity contribution is 6.21. The maximum Gasteiger partial charge on any atom is 0.196 e. The molecule has 0 amide bonds. The summed E-state index contributed by atoms with van der Waals surface area (Å²) in [5.41, 5.74) is 4.72. The molecule has 126 valence electrons. The Bertz CT molecular complexity index is 1170. The standard InChI is InChI=1S/C20H17ClN2O2/c1-11-8-16(13(3)21)20-17(9-11)18(24)12(2)19(25-20)14-4-5-15-6-7-22-23(15)10-14/h4-10,13H,1-3H3/t13-/m0/s1. The summed E-state index contributed by atoms with van der Waals surface area (Å²) in [5.74, 6) is 0.553. The molecule has 0 bridgehead atoms. The number of fused-ring (bicyclic) bond motifs is 2. The van der Waals surface area contributed by atoms with Gasteiger partial charge in [-0.05, 0) is 50.6 Å². The van der Waals surface area contributed by atoms with Crippen molar-refractivity contribution in [1.29, 1.82) is 0 Å².